The zero-order chi connectivity index (χ0) is 18.4. The maximum atomic E-state index is 12.7. The van der Waals surface area contributed by atoms with E-state index in [4.69, 9.17) is 4.74 Å². The summed E-state index contributed by atoms with van der Waals surface area (Å²) in [5.41, 5.74) is 3.28. The number of ether oxygens (including phenoxy) is 1. The van der Waals surface area contributed by atoms with E-state index >= 15 is 0 Å². The average molecular weight is 455 g/mol. The summed E-state index contributed by atoms with van der Waals surface area (Å²) in [4.78, 5) is 12.7. The van der Waals surface area contributed by atoms with E-state index in [9.17, 15) is 4.79 Å². The Bertz CT molecular complexity index is 921. The molecule has 4 heteroatoms. The van der Waals surface area contributed by atoms with Crippen molar-refractivity contribution in [3.63, 3.8) is 0 Å². The quantitative estimate of drug-likeness (QED) is 0.297. The van der Waals surface area contributed by atoms with E-state index < -0.39 is 0 Å². The summed E-state index contributed by atoms with van der Waals surface area (Å²) in [5.74, 6) is 0.756. The van der Waals surface area contributed by atoms with Gasteiger partial charge in [-0.1, -0.05) is 60.7 Å². The Morgan fingerprint density at radius 3 is 2.12 bits per heavy atom. The van der Waals surface area contributed by atoms with E-state index in [-0.39, 0.29) is 5.78 Å². The molecule has 0 aliphatic carbocycles. The highest BCUT2D eigenvalue weighted by molar-refractivity contribution is 14.1. The van der Waals surface area contributed by atoms with Gasteiger partial charge in [-0.15, -0.1) is 0 Å². The SMILES string of the molecule is COc1ccc(N/C(=C/C(=O)c2ccccc2)c2ccccc2)c(I)c1. The summed E-state index contributed by atoms with van der Waals surface area (Å²) in [6.45, 7) is 0. The van der Waals surface area contributed by atoms with Crippen LogP contribution in [0.5, 0.6) is 5.75 Å². The molecule has 3 nitrogen and oxygen atoms in total. The van der Waals surface area contributed by atoms with Gasteiger partial charge in [-0.3, -0.25) is 4.79 Å². The van der Waals surface area contributed by atoms with E-state index in [0.29, 0.717) is 5.56 Å². The van der Waals surface area contributed by atoms with Crippen LogP contribution in [-0.2, 0) is 0 Å². The maximum Gasteiger partial charge on any atom is 0.187 e. The van der Waals surface area contributed by atoms with Gasteiger partial charge < -0.3 is 10.1 Å². The summed E-state index contributed by atoms with van der Waals surface area (Å²) in [7, 11) is 1.65. The van der Waals surface area contributed by atoms with Crippen molar-refractivity contribution in [1.82, 2.24) is 0 Å². The van der Waals surface area contributed by atoms with Gasteiger partial charge in [0, 0.05) is 20.9 Å². The van der Waals surface area contributed by atoms with Crippen LogP contribution in [0.15, 0.2) is 84.9 Å². The minimum absolute atomic E-state index is 0.0412. The number of benzene rings is 3. The van der Waals surface area contributed by atoms with Gasteiger partial charge in [0.05, 0.1) is 12.8 Å². The normalized spacial score (nSPS) is 11.1. The Hall–Kier alpha value is -2.60. The van der Waals surface area contributed by atoms with Crippen molar-refractivity contribution in [2.45, 2.75) is 0 Å². The highest BCUT2D eigenvalue weighted by Crippen LogP contribution is 2.27. The Morgan fingerprint density at radius 2 is 1.54 bits per heavy atom. The molecule has 0 heterocycles. The first kappa shape index (κ1) is 18.2. The van der Waals surface area contributed by atoms with Gasteiger partial charge in [-0.05, 0) is 46.4 Å². The van der Waals surface area contributed by atoms with Gasteiger partial charge in [0.15, 0.2) is 5.78 Å². The number of allylic oxidation sites excluding steroid dienone is 1. The van der Waals surface area contributed by atoms with E-state index in [2.05, 4.69) is 27.9 Å². The lowest BCUT2D eigenvalue weighted by atomic mass is 10.1. The van der Waals surface area contributed by atoms with Gasteiger partial charge >= 0.3 is 0 Å². The molecule has 26 heavy (non-hydrogen) atoms. The van der Waals surface area contributed by atoms with Crippen molar-refractivity contribution in [2.75, 3.05) is 12.4 Å². The fraction of sp³-hybridized carbons (Fsp3) is 0.0455. The van der Waals surface area contributed by atoms with E-state index in [1.165, 1.54) is 0 Å². The van der Waals surface area contributed by atoms with Crippen LogP contribution >= 0.6 is 22.6 Å². The van der Waals surface area contributed by atoms with E-state index in [1.807, 2.05) is 78.9 Å². The van der Waals surface area contributed by atoms with Crippen molar-refractivity contribution < 1.29 is 9.53 Å². The van der Waals surface area contributed by atoms with Crippen molar-refractivity contribution in [3.05, 3.63) is 99.6 Å². The molecule has 3 aromatic carbocycles. The highest BCUT2D eigenvalue weighted by atomic mass is 127. The van der Waals surface area contributed by atoms with E-state index in [1.54, 1.807) is 13.2 Å². The Balaban J connectivity index is 1.97. The predicted molar refractivity (Wildman–Crippen MR) is 115 cm³/mol. The number of carbonyl (C=O) groups excluding carboxylic acids is 1. The van der Waals surface area contributed by atoms with Gasteiger partial charge in [-0.2, -0.15) is 0 Å². The second kappa shape index (κ2) is 8.67. The first-order valence-corrected chi connectivity index (χ1v) is 9.22. The predicted octanol–water partition coefficient (Wildman–Crippen LogP) is 5.64. The number of rotatable bonds is 6. The van der Waals surface area contributed by atoms with Crippen LogP contribution in [0.4, 0.5) is 5.69 Å². The zero-order valence-electron chi connectivity index (χ0n) is 14.3. The first-order valence-electron chi connectivity index (χ1n) is 8.14. The summed E-state index contributed by atoms with van der Waals surface area (Å²) >= 11 is 2.25. The van der Waals surface area contributed by atoms with Crippen molar-refractivity contribution in [3.8, 4) is 5.75 Å². The lowest BCUT2D eigenvalue weighted by Gasteiger charge is -2.14. The zero-order valence-corrected chi connectivity index (χ0v) is 16.4. The molecule has 0 amide bonds. The fourth-order valence-corrected chi connectivity index (χ4v) is 3.12. The van der Waals surface area contributed by atoms with Gasteiger partial charge in [-0.25, -0.2) is 0 Å². The molecule has 0 radical (unpaired) electrons. The van der Waals surface area contributed by atoms with Crippen LogP contribution in [0.2, 0.25) is 0 Å². The Kier molecular flexibility index (Phi) is 6.07. The minimum Gasteiger partial charge on any atom is -0.497 e. The summed E-state index contributed by atoms with van der Waals surface area (Å²) in [6, 6.07) is 24.9. The maximum absolute atomic E-state index is 12.7. The standard InChI is InChI=1S/C22H18INO2/c1-26-18-12-13-20(19(23)14-18)24-21(16-8-4-2-5-9-16)15-22(25)17-10-6-3-7-11-17/h2-15,24H,1H3/b21-15+. The number of methoxy groups -OCH3 is 1. The topological polar surface area (TPSA) is 38.3 Å². The molecular formula is C22H18INO2. The number of hydrogen-bond donors (Lipinski definition) is 1. The third kappa shape index (κ3) is 4.52. The lowest BCUT2D eigenvalue weighted by Crippen LogP contribution is -2.04. The number of carbonyl (C=O) groups is 1. The molecule has 0 fully saturated rings. The summed E-state index contributed by atoms with van der Waals surface area (Å²) in [6.07, 6.45) is 1.64. The number of hydrogen-bond acceptors (Lipinski definition) is 3. The molecule has 130 valence electrons. The fourth-order valence-electron chi connectivity index (χ4n) is 2.50. The molecule has 3 rings (SSSR count). The number of halogens is 1. The van der Waals surface area contributed by atoms with Crippen LogP contribution in [0.25, 0.3) is 5.70 Å². The molecule has 3 aromatic rings. The summed E-state index contributed by atoms with van der Waals surface area (Å²) in [5, 5.41) is 3.39. The second-order valence-electron chi connectivity index (χ2n) is 5.63. The Labute approximate surface area is 166 Å². The van der Waals surface area contributed by atoms with Gasteiger partial charge in [0.2, 0.25) is 0 Å². The van der Waals surface area contributed by atoms with Gasteiger partial charge in [0.1, 0.15) is 5.75 Å². The summed E-state index contributed by atoms with van der Waals surface area (Å²) < 4.78 is 6.27. The molecule has 0 aliphatic heterocycles. The van der Waals surface area contributed by atoms with Crippen molar-refractivity contribution in [2.24, 2.45) is 0 Å². The minimum atomic E-state index is -0.0412. The number of ketones is 1. The molecule has 0 saturated carbocycles. The molecule has 0 spiro atoms. The third-order valence-corrected chi connectivity index (χ3v) is 4.76. The molecular weight excluding hydrogens is 437 g/mol. The Morgan fingerprint density at radius 1 is 0.923 bits per heavy atom. The molecule has 0 atom stereocenters. The highest BCUT2D eigenvalue weighted by Gasteiger charge is 2.09. The largest absolute Gasteiger partial charge is 0.497 e. The van der Waals surface area contributed by atoms with Crippen LogP contribution in [0, 0.1) is 3.57 Å². The molecule has 0 unspecified atom stereocenters. The number of nitrogens with one attached hydrogen (secondary N) is 1. The molecule has 0 bridgehead atoms. The van der Waals surface area contributed by atoms with E-state index in [0.717, 1.165) is 26.3 Å². The average Bonchev–Trinajstić information content (AvgIpc) is 2.70. The lowest BCUT2D eigenvalue weighted by molar-refractivity contribution is 0.104. The van der Waals surface area contributed by atoms with Crippen molar-refractivity contribution >= 4 is 39.8 Å². The van der Waals surface area contributed by atoms with Crippen LogP contribution < -0.4 is 10.1 Å². The molecule has 0 aliphatic rings. The van der Waals surface area contributed by atoms with Crippen molar-refractivity contribution in [1.29, 1.82) is 0 Å². The monoisotopic (exact) mass is 455 g/mol. The van der Waals surface area contributed by atoms with Gasteiger partial charge in [0.25, 0.3) is 0 Å². The molecule has 1 N–H and O–H groups in total. The molecule has 0 aromatic heterocycles. The van der Waals surface area contributed by atoms with Crippen LogP contribution in [-0.4, -0.2) is 12.9 Å². The van der Waals surface area contributed by atoms with Crippen LogP contribution in [0.3, 0.4) is 0 Å². The first-order chi connectivity index (χ1) is 12.7. The second-order valence-corrected chi connectivity index (χ2v) is 6.79. The van der Waals surface area contributed by atoms with Crippen LogP contribution in [0.1, 0.15) is 15.9 Å². The smallest absolute Gasteiger partial charge is 0.187 e. The third-order valence-electron chi connectivity index (χ3n) is 3.86. The number of anilines is 1. The molecule has 0 saturated heterocycles.